The van der Waals surface area contributed by atoms with E-state index >= 15 is 0 Å². The molecule has 2 aromatic carbocycles. The zero-order valence-electron chi connectivity index (χ0n) is 12.8. The molecule has 0 bridgehead atoms. The van der Waals surface area contributed by atoms with E-state index < -0.39 is 0 Å². The maximum absolute atomic E-state index is 5.81. The van der Waals surface area contributed by atoms with Crippen LogP contribution in [0.4, 0.5) is 0 Å². The highest BCUT2D eigenvalue weighted by atomic mass is 16.5. The number of benzene rings is 2. The molecule has 0 radical (unpaired) electrons. The highest BCUT2D eigenvalue weighted by molar-refractivity contribution is 5.92. The molecule has 4 rings (SSSR count). The first-order valence-corrected chi connectivity index (χ1v) is 7.49. The summed E-state index contributed by atoms with van der Waals surface area (Å²) in [7, 11) is 3.81. The number of ether oxygens (including phenoxy) is 1. The van der Waals surface area contributed by atoms with Gasteiger partial charge in [0, 0.05) is 31.7 Å². The first-order chi connectivity index (χ1) is 10.8. The lowest BCUT2D eigenvalue weighted by Crippen LogP contribution is -2.34. The Hall–Kier alpha value is -2.30. The van der Waals surface area contributed by atoms with Crippen LogP contribution in [-0.2, 0) is 11.2 Å². The van der Waals surface area contributed by atoms with Crippen LogP contribution in [0.25, 0.3) is 11.4 Å². The third kappa shape index (κ3) is 1.92. The van der Waals surface area contributed by atoms with Gasteiger partial charge >= 0.3 is 0 Å². The average Bonchev–Trinajstić information content (AvgIpc) is 2.92. The van der Waals surface area contributed by atoms with E-state index in [1.165, 1.54) is 22.3 Å². The summed E-state index contributed by atoms with van der Waals surface area (Å²) in [6.45, 7) is 0. The topological polar surface area (TPSA) is 36.5 Å². The number of nitrogens with one attached hydrogen (secondary N) is 2. The third-order valence-corrected chi connectivity index (χ3v) is 4.46. The van der Waals surface area contributed by atoms with Crippen LogP contribution in [0.2, 0.25) is 0 Å². The monoisotopic (exact) mass is 293 g/mol. The maximum atomic E-state index is 5.81. The lowest BCUT2D eigenvalue weighted by molar-refractivity contribution is 0.103. The van der Waals surface area contributed by atoms with Gasteiger partial charge in [0.25, 0.3) is 0 Å². The van der Waals surface area contributed by atoms with Crippen molar-refractivity contribution in [2.24, 2.45) is 0 Å². The highest BCUT2D eigenvalue weighted by Crippen LogP contribution is 2.39. The van der Waals surface area contributed by atoms with Crippen molar-refractivity contribution in [2.45, 2.75) is 12.5 Å². The van der Waals surface area contributed by atoms with E-state index in [0.29, 0.717) is 0 Å². The quantitative estimate of drug-likeness (QED) is 0.847. The molecule has 2 N–H and O–H groups in total. The Balaban J connectivity index is 2.04. The van der Waals surface area contributed by atoms with Gasteiger partial charge in [0.1, 0.15) is 0 Å². The minimum Gasteiger partial charge on any atom is -0.376 e. The van der Waals surface area contributed by atoms with Crippen molar-refractivity contribution < 1.29 is 4.74 Å². The largest absolute Gasteiger partial charge is 0.376 e. The van der Waals surface area contributed by atoms with Gasteiger partial charge in [-0.3, -0.25) is 5.01 Å². The first-order valence-electron chi connectivity index (χ1n) is 7.49. The zero-order chi connectivity index (χ0) is 15.1. The molecule has 4 nitrogen and oxygen atoms in total. The van der Waals surface area contributed by atoms with E-state index in [1.54, 1.807) is 7.11 Å². The predicted octanol–water partition coefficient (Wildman–Crippen LogP) is 2.71. The van der Waals surface area contributed by atoms with Crippen molar-refractivity contribution >= 4 is 11.4 Å². The van der Waals surface area contributed by atoms with E-state index in [2.05, 4.69) is 59.5 Å². The van der Waals surface area contributed by atoms with Gasteiger partial charge in [0.15, 0.2) is 0 Å². The number of hydrogen-bond donors (Lipinski definition) is 2. The highest BCUT2D eigenvalue weighted by Gasteiger charge is 2.30. The summed E-state index contributed by atoms with van der Waals surface area (Å²) >= 11 is 0. The molecule has 1 unspecified atom stereocenters. The minimum atomic E-state index is 0.0559. The van der Waals surface area contributed by atoms with Crippen LogP contribution in [0.5, 0.6) is 0 Å². The fraction of sp³-hybridized carbons (Fsp3) is 0.222. The van der Waals surface area contributed by atoms with Crippen LogP contribution in [0.15, 0.2) is 48.5 Å². The normalized spacial score (nSPS) is 19.7. The van der Waals surface area contributed by atoms with Crippen molar-refractivity contribution in [2.75, 3.05) is 14.2 Å². The van der Waals surface area contributed by atoms with Gasteiger partial charge in [0.2, 0.25) is 0 Å². The smallest absolute Gasteiger partial charge is 0.0868 e. The number of nitrogens with zero attached hydrogens (tertiary/aromatic N) is 1. The van der Waals surface area contributed by atoms with Crippen LogP contribution < -0.4 is 11.0 Å². The first kappa shape index (κ1) is 13.4. The van der Waals surface area contributed by atoms with Crippen LogP contribution in [0.1, 0.15) is 28.4 Å². The Kier molecular flexibility index (Phi) is 3.13. The molecule has 2 aromatic rings. The Labute approximate surface area is 130 Å². The number of hydrazine groups is 2. The van der Waals surface area contributed by atoms with Gasteiger partial charge in [-0.25, -0.2) is 0 Å². The molecule has 112 valence electrons. The molecule has 0 aromatic heterocycles. The van der Waals surface area contributed by atoms with E-state index in [1.807, 2.05) is 12.1 Å². The molecule has 0 saturated carbocycles. The summed E-state index contributed by atoms with van der Waals surface area (Å²) < 4.78 is 5.81. The van der Waals surface area contributed by atoms with Crippen LogP contribution in [0, 0.1) is 0 Å². The maximum Gasteiger partial charge on any atom is 0.0868 e. The van der Waals surface area contributed by atoms with E-state index in [9.17, 15) is 0 Å². The van der Waals surface area contributed by atoms with Crippen molar-refractivity contribution in [3.63, 3.8) is 0 Å². The SMILES string of the molecule is COC1Cc2ccccc2C2=C(c3ccccc31)N(C)NN2. The molecule has 0 spiro atoms. The Morgan fingerprint density at radius 1 is 1.05 bits per heavy atom. The van der Waals surface area contributed by atoms with E-state index in [-0.39, 0.29) is 6.10 Å². The average molecular weight is 293 g/mol. The fourth-order valence-corrected chi connectivity index (χ4v) is 3.39. The zero-order valence-corrected chi connectivity index (χ0v) is 12.8. The molecule has 1 aliphatic heterocycles. The van der Waals surface area contributed by atoms with Crippen LogP contribution in [-0.4, -0.2) is 19.2 Å². The third-order valence-electron chi connectivity index (χ3n) is 4.46. The van der Waals surface area contributed by atoms with E-state index in [0.717, 1.165) is 17.8 Å². The standard InChI is InChI=1S/C18H19N3O/c1-21-18-15-10-6-5-9-14(15)16(22-2)11-12-7-3-4-8-13(12)17(18)19-20-21/h3-10,16,19-20H,11H2,1-2H3. The molecular weight excluding hydrogens is 274 g/mol. The van der Waals surface area contributed by atoms with Crippen molar-refractivity contribution in [1.29, 1.82) is 0 Å². The lowest BCUT2D eigenvalue weighted by atomic mass is 9.88. The molecule has 1 heterocycles. The summed E-state index contributed by atoms with van der Waals surface area (Å²) in [5.74, 6) is 0. The summed E-state index contributed by atoms with van der Waals surface area (Å²) in [6.07, 6.45) is 0.923. The minimum absolute atomic E-state index is 0.0559. The summed E-state index contributed by atoms with van der Waals surface area (Å²) in [4.78, 5) is 0. The molecule has 4 heteroatoms. The fourth-order valence-electron chi connectivity index (χ4n) is 3.39. The van der Waals surface area contributed by atoms with Crippen molar-refractivity contribution in [3.05, 3.63) is 70.8 Å². The van der Waals surface area contributed by atoms with Crippen molar-refractivity contribution in [3.8, 4) is 0 Å². The summed E-state index contributed by atoms with van der Waals surface area (Å²) in [6, 6.07) is 17.0. The number of rotatable bonds is 1. The Morgan fingerprint density at radius 2 is 1.77 bits per heavy atom. The molecule has 22 heavy (non-hydrogen) atoms. The number of hydrogen-bond acceptors (Lipinski definition) is 4. The van der Waals surface area contributed by atoms with Gasteiger partial charge in [-0.2, -0.15) is 0 Å². The molecule has 0 amide bonds. The molecular formula is C18H19N3O. The van der Waals surface area contributed by atoms with Crippen LogP contribution >= 0.6 is 0 Å². The van der Waals surface area contributed by atoms with Crippen molar-refractivity contribution in [1.82, 2.24) is 16.0 Å². The van der Waals surface area contributed by atoms with Gasteiger partial charge in [-0.15, -0.1) is 5.53 Å². The Morgan fingerprint density at radius 3 is 2.59 bits per heavy atom. The summed E-state index contributed by atoms with van der Waals surface area (Å²) in [5, 5.41) is 2.03. The lowest BCUT2D eigenvalue weighted by Gasteiger charge is -2.26. The molecule has 1 aliphatic carbocycles. The second kappa shape index (κ2) is 5.16. The second-order valence-electron chi connectivity index (χ2n) is 5.69. The van der Waals surface area contributed by atoms with Gasteiger partial charge in [0.05, 0.1) is 17.5 Å². The van der Waals surface area contributed by atoms with Gasteiger partial charge in [-0.05, 0) is 11.1 Å². The molecule has 0 saturated heterocycles. The molecule has 1 atom stereocenters. The Bertz CT molecular complexity index is 754. The van der Waals surface area contributed by atoms with Gasteiger partial charge in [-0.1, -0.05) is 48.5 Å². The van der Waals surface area contributed by atoms with E-state index in [4.69, 9.17) is 4.74 Å². The molecule has 2 aliphatic rings. The summed E-state index contributed by atoms with van der Waals surface area (Å²) in [5.41, 5.74) is 13.8. The number of fused-ring (bicyclic) bond motifs is 4. The van der Waals surface area contributed by atoms with Crippen LogP contribution in [0.3, 0.4) is 0 Å². The molecule has 0 fully saturated rings. The predicted molar refractivity (Wildman–Crippen MR) is 87.2 cm³/mol. The van der Waals surface area contributed by atoms with Gasteiger partial charge < -0.3 is 10.2 Å². The number of methoxy groups -OCH3 is 1. The second-order valence-corrected chi connectivity index (χ2v) is 5.69.